The Morgan fingerprint density at radius 2 is 2.60 bits per heavy atom. The molecule has 1 aromatic heterocycles. The van der Waals surface area contributed by atoms with E-state index >= 15 is 0 Å². The number of hydrogen-bond acceptors (Lipinski definition) is 3. The summed E-state index contributed by atoms with van der Waals surface area (Å²) in [7, 11) is 1.61. The molecule has 1 aromatic rings. The zero-order valence-electron chi connectivity index (χ0n) is 5.53. The lowest BCUT2D eigenvalue weighted by Crippen LogP contribution is -2.07. The largest absolute Gasteiger partial charge is 0.296 e. The van der Waals surface area contributed by atoms with E-state index in [0.29, 0.717) is 5.56 Å². The third kappa shape index (κ3) is 1.28. The van der Waals surface area contributed by atoms with Crippen LogP contribution in [-0.2, 0) is 0 Å². The van der Waals surface area contributed by atoms with Gasteiger partial charge in [0.1, 0.15) is 0 Å². The van der Waals surface area contributed by atoms with E-state index in [0.717, 1.165) is 0 Å². The van der Waals surface area contributed by atoms with Crippen molar-refractivity contribution in [2.75, 3.05) is 7.05 Å². The molecule has 0 fully saturated rings. The first-order chi connectivity index (χ1) is 4.84. The van der Waals surface area contributed by atoms with Crippen LogP contribution in [0.15, 0.2) is 22.2 Å². The first-order valence-corrected chi connectivity index (χ1v) is 2.80. The number of aromatic nitrogens is 2. The minimum atomic E-state index is -0.121. The number of aromatic amines is 1. The van der Waals surface area contributed by atoms with Crippen molar-refractivity contribution >= 4 is 6.21 Å². The predicted octanol–water partition coefficient (Wildman–Crippen LogP) is -0.181. The molecular weight excluding hydrogens is 130 g/mol. The molecule has 0 bridgehead atoms. The van der Waals surface area contributed by atoms with E-state index in [1.54, 1.807) is 7.05 Å². The Morgan fingerprint density at radius 3 is 3.20 bits per heavy atom. The highest BCUT2D eigenvalue weighted by molar-refractivity contribution is 5.78. The van der Waals surface area contributed by atoms with Crippen LogP contribution in [0.2, 0.25) is 0 Å². The summed E-state index contributed by atoms with van der Waals surface area (Å²) in [6.07, 6.45) is 4.22. The van der Waals surface area contributed by atoms with E-state index in [4.69, 9.17) is 0 Å². The molecule has 4 nitrogen and oxygen atoms in total. The van der Waals surface area contributed by atoms with E-state index < -0.39 is 0 Å². The number of aliphatic imine (C=N–C) groups is 1. The maximum absolute atomic E-state index is 10.8. The van der Waals surface area contributed by atoms with Crippen molar-refractivity contribution in [3.8, 4) is 0 Å². The van der Waals surface area contributed by atoms with Gasteiger partial charge in [-0.25, -0.2) is 0 Å². The first-order valence-electron chi connectivity index (χ1n) is 2.80. The van der Waals surface area contributed by atoms with Gasteiger partial charge in [-0.05, 0) is 0 Å². The van der Waals surface area contributed by atoms with Crippen molar-refractivity contribution in [1.29, 1.82) is 0 Å². The molecule has 0 saturated carbocycles. The van der Waals surface area contributed by atoms with Crippen LogP contribution in [0.5, 0.6) is 0 Å². The van der Waals surface area contributed by atoms with Crippen LogP contribution in [0.1, 0.15) is 5.56 Å². The topological polar surface area (TPSA) is 58.1 Å². The average Bonchev–Trinajstić information content (AvgIpc) is 1.94. The summed E-state index contributed by atoms with van der Waals surface area (Å²) < 4.78 is 0. The molecule has 0 aliphatic carbocycles. The van der Waals surface area contributed by atoms with Crippen molar-refractivity contribution in [3.05, 3.63) is 28.2 Å². The minimum absolute atomic E-state index is 0.121. The molecule has 0 atom stereocenters. The van der Waals surface area contributed by atoms with Gasteiger partial charge in [0.2, 0.25) is 5.43 Å². The summed E-state index contributed by atoms with van der Waals surface area (Å²) in [5, 5.41) is 6.07. The van der Waals surface area contributed by atoms with Gasteiger partial charge in [0.25, 0.3) is 0 Å². The van der Waals surface area contributed by atoms with E-state index in [2.05, 4.69) is 15.2 Å². The van der Waals surface area contributed by atoms with Gasteiger partial charge < -0.3 is 0 Å². The fourth-order valence-electron chi connectivity index (χ4n) is 0.588. The second-order valence-electron chi connectivity index (χ2n) is 1.74. The van der Waals surface area contributed by atoms with Crippen LogP contribution in [0.4, 0.5) is 0 Å². The van der Waals surface area contributed by atoms with Gasteiger partial charge in [0.05, 0.1) is 11.8 Å². The Labute approximate surface area is 57.6 Å². The van der Waals surface area contributed by atoms with E-state index in [1.165, 1.54) is 18.6 Å². The second kappa shape index (κ2) is 2.91. The van der Waals surface area contributed by atoms with Gasteiger partial charge in [-0.15, -0.1) is 0 Å². The lowest BCUT2D eigenvalue weighted by molar-refractivity contribution is 1.01. The van der Waals surface area contributed by atoms with Crippen LogP contribution >= 0.6 is 0 Å². The molecule has 0 saturated heterocycles. The van der Waals surface area contributed by atoms with E-state index in [1.807, 2.05) is 0 Å². The summed E-state index contributed by atoms with van der Waals surface area (Å²) in [5.74, 6) is 0. The standard InChI is InChI=1S/C6H7N3O/c1-7-2-5-3-8-9-4-6(5)10/h2-4H,1H3,(H,8,10). The summed E-state index contributed by atoms with van der Waals surface area (Å²) in [5.41, 5.74) is 0.404. The fraction of sp³-hybridized carbons (Fsp3) is 0.167. The third-order valence-corrected chi connectivity index (χ3v) is 1.03. The molecule has 0 aliphatic rings. The second-order valence-corrected chi connectivity index (χ2v) is 1.74. The molecule has 0 unspecified atom stereocenters. The van der Waals surface area contributed by atoms with Gasteiger partial charge in [-0.1, -0.05) is 0 Å². The zero-order chi connectivity index (χ0) is 7.40. The molecule has 0 spiro atoms. The summed E-state index contributed by atoms with van der Waals surface area (Å²) in [4.78, 5) is 14.5. The highest BCUT2D eigenvalue weighted by atomic mass is 16.1. The average molecular weight is 137 g/mol. The maximum Gasteiger partial charge on any atom is 0.208 e. The molecule has 1 N–H and O–H groups in total. The van der Waals surface area contributed by atoms with Crippen molar-refractivity contribution in [2.24, 2.45) is 4.99 Å². The molecular formula is C6H7N3O. The summed E-state index contributed by atoms with van der Waals surface area (Å²) in [6.45, 7) is 0. The molecule has 1 rings (SSSR count). The van der Waals surface area contributed by atoms with Crippen molar-refractivity contribution in [1.82, 2.24) is 10.2 Å². The van der Waals surface area contributed by atoms with Crippen LogP contribution < -0.4 is 5.43 Å². The van der Waals surface area contributed by atoms with Crippen molar-refractivity contribution in [3.63, 3.8) is 0 Å². The number of H-pyrrole nitrogens is 1. The van der Waals surface area contributed by atoms with Crippen LogP contribution in [0, 0.1) is 0 Å². The Morgan fingerprint density at radius 1 is 1.80 bits per heavy atom. The van der Waals surface area contributed by atoms with Crippen LogP contribution in [0.25, 0.3) is 0 Å². The van der Waals surface area contributed by atoms with Gasteiger partial charge in [-0.2, -0.15) is 5.10 Å². The number of nitrogens with one attached hydrogen (secondary N) is 1. The lowest BCUT2D eigenvalue weighted by Gasteiger charge is -1.85. The minimum Gasteiger partial charge on any atom is -0.296 e. The van der Waals surface area contributed by atoms with E-state index in [-0.39, 0.29) is 5.43 Å². The summed E-state index contributed by atoms with van der Waals surface area (Å²) >= 11 is 0. The fourth-order valence-corrected chi connectivity index (χ4v) is 0.588. The van der Waals surface area contributed by atoms with Crippen LogP contribution in [0.3, 0.4) is 0 Å². The number of hydrogen-bond donors (Lipinski definition) is 1. The Hall–Kier alpha value is -1.45. The van der Waals surface area contributed by atoms with Gasteiger partial charge >= 0.3 is 0 Å². The zero-order valence-corrected chi connectivity index (χ0v) is 5.53. The molecule has 4 heteroatoms. The smallest absolute Gasteiger partial charge is 0.208 e. The highest BCUT2D eigenvalue weighted by Crippen LogP contribution is 1.77. The molecule has 0 aromatic carbocycles. The quantitative estimate of drug-likeness (QED) is 0.546. The lowest BCUT2D eigenvalue weighted by atomic mass is 10.3. The van der Waals surface area contributed by atoms with E-state index in [9.17, 15) is 4.79 Å². The number of rotatable bonds is 1. The molecule has 1 heterocycles. The van der Waals surface area contributed by atoms with Crippen molar-refractivity contribution < 1.29 is 0 Å². The first kappa shape index (κ1) is 6.67. The molecule has 0 radical (unpaired) electrons. The van der Waals surface area contributed by atoms with Crippen LogP contribution in [-0.4, -0.2) is 23.5 Å². The SMILES string of the molecule is CN=Cc1c[nH]ncc1=O. The van der Waals surface area contributed by atoms with Gasteiger partial charge in [0, 0.05) is 19.5 Å². The third-order valence-electron chi connectivity index (χ3n) is 1.03. The van der Waals surface area contributed by atoms with Gasteiger partial charge in [-0.3, -0.25) is 14.9 Å². The molecule has 0 amide bonds. The highest BCUT2D eigenvalue weighted by Gasteiger charge is 1.90. The Bertz CT molecular complexity index is 289. The van der Waals surface area contributed by atoms with Gasteiger partial charge in [0.15, 0.2) is 0 Å². The molecule has 0 aliphatic heterocycles. The predicted molar refractivity (Wildman–Crippen MR) is 38.4 cm³/mol. The number of nitrogens with zero attached hydrogens (tertiary/aromatic N) is 2. The monoisotopic (exact) mass is 137 g/mol. The Kier molecular flexibility index (Phi) is 1.94. The normalized spacial score (nSPS) is 10.5. The Balaban J connectivity index is 3.16. The summed E-state index contributed by atoms with van der Waals surface area (Å²) in [6, 6.07) is 0. The molecule has 10 heavy (non-hydrogen) atoms. The molecule has 52 valence electrons. The maximum atomic E-state index is 10.8. The van der Waals surface area contributed by atoms with Crippen molar-refractivity contribution in [2.45, 2.75) is 0 Å².